The van der Waals surface area contributed by atoms with Crippen LogP contribution in [0.3, 0.4) is 0 Å². The third kappa shape index (κ3) is 3.73. The van der Waals surface area contributed by atoms with E-state index in [9.17, 15) is 9.59 Å². The van der Waals surface area contributed by atoms with Gasteiger partial charge in [0.1, 0.15) is 6.04 Å². The number of anilines is 1. The fourth-order valence-corrected chi connectivity index (χ4v) is 4.46. The van der Waals surface area contributed by atoms with E-state index < -0.39 is 6.04 Å². The van der Waals surface area contributed by atoms with Gasteiger partial charge in [-0.05, 0) is 34.4 Å². The molecule has 0 aliphatic carbocycles. The summed E-state index contributed by atoms with van der Waals surface area (Å²) in [5.41, 5.74) is 4.48. The summed E-state index contributed by atoms with van der Waals surface area (Å²) in [6.07, 6.45) is 1.64. The Morgan fingerprint density at radius 2 is 1.71 bits per heavy atom. The van der Waals surface area contributed by atoms with Crippen LogP contribution in [0.1, 0.15) is 27.5 Å². The Kier molecular flexibility index (Phi) is 5.06. The predicted octanol–water partition coefficient (Wildman–Crippen LogP) is 5.15. The number of hydrogen-bond donors (Lipinski definition) is 1. The minimum atomic E-state index is -0.745. The van der Waals surface area contributed by atoms with Gasteiger partial charge in [-0.3, -0.25) is 14.9 Å². The van der Waals surface area contributed by atoms with Crippen molar-refractivity contribution < 1.29 is 9.59 Å². The van der Waals surface area contributed by atoms with Gasteiger partial charge in [-0.15, -0.1) is 11.3 Å². The number of benzene rings is 3. The molecule has 1 aliphatic heterocycles. The SMILES string of the molecule is O=C(Nc1nccs1)C(c1ccccc1)N1Cc2cc(-c3ccccc3)ccc2C1=O. The van der Waals surface area contributed by atoms with Gasteiger partial charge in [0.05, 0.1) is 0 Å². The summed E-state index contributed by atoms with van der Waals surface area (Å²) in [5.74, 6) is -0.414. The van der Waals surface area contributed by atoms with Crippen LogP contribution in [0.2, 0.25) is 0 Å². The Morgan fingerprint density at radius 3 is 2.42 bits per heavy atom. The number of carbonyl (C=O) groups excluding carboxylic acids is 2. The summed E-state index contributed by atoms with van der Waals surface area (Å²) in [4.78, 5) is 32.3. The first-order valence-corrected chi connectivity index (χ1v) is 10.8. The topological polar surface area (TPSA) is 62.3 Å². The van der Waals surface area contributed by atoms with Crippen molar-refractivity contribution in [3.8, 4) is 11.1 Å². The quantitative estimate of drug-likeness (QED) is 0.481. The zero-order valence-electron chi connectivity index (χ0n) is 16.6. The number of aromatic nitrogens is 1. The molecule has 3 aromatic carbocycles. The summed E-state index contributed by atoms with van der Waals surface area (Å²) in [6, 6.07) is 24.6. The molecular formula is C25H19N3O2S. The summed E-state index contributed by atoms with van der Waals surface area (Å²) in [5, 5.41) is 5.17. The minimum Gasteiger partial charge on any atom is -0.318 e. The average molecular weight is 426 g/mol. The fraction of sp³-hybridized carbons (Fsp3) is 0.0800. The zero-order chi connectivity index (χ0) is 21.2. The number of hydrogen-bond acceptors (Lipinski definition) is 4. The molecule has 1 unspecified atom stereocenters. The van der Waals surface area contributed by atoms with Gasteiger partial charge in [-0.1, -0.05) is 66.7 Å². The molecule has 1 aromatic heterocycles. The van der Waals surface area contributed by atoms with Crippen molar-refractivity contribution in [2.45, 2.75) is 12.6 Å². The highest BCUT2D eigenvalue weighted by Gasteiger charge is 2.37. The van der Waals surface area contributed by atoms with E-state index in [1.165, 1.54) is 11.3 Å². The third-order valence-electron chi connectivity index (χ3n) is 5.38. The first kappa shape index (κ1) is 19.2. The molecule has 152 valence electrons. The smallest absolute Gasteiger partial charge is 0.255 e. The molecule has 1 atom stereocenters. The highest BCUT2D eigenvalue weighted by atomic mass is 32.1. The van der Waals surface area contributed by atoms with E-state index in [0.29, 0.717) is 17.2 Å². The standard InChI is InChI=1S/C25H19N3O2S/c29-23(27-25-26-13-14-31-25)22(18-9-5-2-6-10-18)28-16-20-15-19(11-12-21(20)24(28)30)17-7-3-1-4-8-17/h1-15,22H,16H2,(H,26,27,29). The van der Waals surface area contributed by atoms with Crippen LogP contribution >= 0.6 is 11.3 Å². The second-order valence-electron chi connectivity index (χ2n) is 7.31. The van der Waals surface area contributed by atoms with Gasteiger partial charge >= 0.3 is 0 Å². The number of carbonyl (C=O) groups is 2. The number of nitrogens with one attached hydrogen (secondary N) is 1. The maximum atomic E-state index is 13.3. The molecule has 5 rings (SSSR count). The van der Waals surface area contributed by atoms with E-state index in [4.69, 9.17) is 0 Å². The van der Waals surface area contributed by atoms with Crippen molar-refractivity contribution in [3.05, 3.63) is 107 Å². The lowest BCUT2D eigenvalue weighted by molar-refractivity contribution is -0.120. The Balaban J connectivity index is 1.49. The van der Waals surface area contributed by atoms with Crippen molar-refractivity contribution in [2.24, 2.45) is 0 Å². The summed E-state index contributed by atoms with van der Waals surface area (Å²) in [6.45, 7) is 0.375. The third-order valence-corrected chi connectivity index (χ3v) is 6.07. The summed E-state index contributed by atoms with van der Waals surface area (Å²) >= 11 is 1.35. The van der Waals surface area contributed by atoms with E-state index in [-0.39, 0.29) is 11.8 Å². The lowest BCUT2D eigenvalue weighted by atomic mass is 10.0. The predicted molar refractivity (Wildman–Crippen MR) is 122 cm³/mol. The van der Waals surface area contributed by atoms with Gasteiger partial charge in [-0.25, -0.2) is 4.98 Å². The number of rotatable bonds is 5. The molecule has 1 aliphatic rings. The van der Waals surface area contributed by atoms with Gasteiger partial charge in [0, 0.05) is 23.7 Å². The molecule has 31 heavy (non-hydrogen) atoms. The van der Waals surface area contributed by atoms with Crippen molar-refractivity contribution >= 4 is 28.3 Å². The Labute approximate surface area is 184 Å². The molecule has 5 nitrogen and oxygen atoms in total. The molecule has 4 aromatic rings. The van der Waals surface area contributed by atoms with Crippen molar-refractivity contribution in [1.29, 1.82) is 0 Å². The van der Waals surface area contributed by atoms with Crippen LogP contribution in [0, 0.1) is 0 Å². The molecule has 0 fully saturated rings. The van der Waals surface area contributed by atoms with Gasteiger partial charge < -0.3 is 4.90 Å². The molecule has 0 spiro atoms. The number of thiazole rings is 1. The van der Waals surface area contributed by atoms with Crippen molar-refractivity contribution in [3.63, 3.8) is 0 Å². The maximum Gasteiger partial charge on any atom is 0.255 e. The van der Waals surface area contributed by atoms with Crippen LogP contribution in [0.15, 0.2) is 90.4 Å². The molecule has 2 amide bonds. The van der Waals surface area contributed by atoms with E-state index in [1.54, 1.807) is 16.5 Å². The van der Waals surface area contributed by atoms with Crippen LogP contribution in [0.4, 0.5) is 5.13 Å². The monoisotopic (exact) mass is 425 g/mol. The fourth-order valence-electron chi connectivity index (χ4n) is 3.93. The molecule has 1 N–H and O–H groups in total. The Hall–Kier alpha value is -3.77. The van der Waals surface area contributed by atoms with E-state index in [1.807, 2.05) is 78.9 Å². The molecule has 0 radical (unpaired) electrons. The molecule has 6 heteroatoms. The number of amides is 2. The van der Waals surface area contributed by atoms with Crippen molar-refractivity contribution in [2.75, 3.05) is 5.32 Å². The van der Waals surface area contributed by atoms with Gasteiger partial charge in [0.15, 0.2) is 5.13 Å². The lowest BCUT2D eigenvalue weighted by Gasteiger charge is -2.27. The average Bonchev–Trinajstić information content (AvgIpc) is 3.43. The lowest BCUT2D eigenvalue weighted by Crippen LogP contribution is -2.37. The Bertz CT molecular complexity index is 1220. The van der Waals surface area contributed by atoms with Crippen molar-refractivity contribution in [1.82, 2.24) is 9.88 Å². The van der Waals surface area contributed by atoms with Crippen LogP contribution in [-0.2, 0) is 11.3 Å². The second-order valence-corrected chi connectivity index (χ2v) is 8.21. The first-order valence-electron chi connectivity index (χ1n) is 9.95. The van der Waals surface area contributed by atoms with E-state index in [2.05, 4.69) is 10.3 Å². The van der Waals surface area contributed by atoms with Crippen LogP contribution in [-0.4, -0.2) is 21.7 Å². The molecule has 0 bridgehead atoms. The first-order chi connectivity index (χ1) is 15.2. The second kappa shape index (κ2) is 8.16. The minimum absolute atomic E-state index is 0.141. The highest BCUT2D eigenvalue weighted by Crippen LogP contribution is 2.34. The summed E-state index contributed by atoms with van der Waals surface area (Å²) < 4.78 is 0. The number of nitrogens with zero attached hydrogens (tertiary/aromatic N) is 2. The van der Waals surface area contributed by atoms with Gasteiger partial charge in [0.2, 0.25) is 0 Å². The summed E-state index contributed by atoms with van der Waals surface area (Å²) in [7, 11) is 0. The van der Waals surface area contributed by atoms with Gasteiger partial charge in [0.25, 0.3) is 11.8 Å². The molecule has 2 heterocycles. The molecule has 0 saturated carbocycles. The Morgan fingerprint density at radius 1 is 0.968 bits per heavy atom. The molecular weight excluding hydrogens is 406 g/mol. The largest absolute Gasteiger partial charge is 0.318 e. The van der Waals surface area contributed by atoms with Crippen LogP contribution in [0.5, 0.6) is 0 Å². The van der Waals surface area contributed by atoms with E-state index >= 15 is 0 Å². The number of fused-ring (bicyclic) bond motifs is 1. The zero-order valence-corrected chi connectivity index (χ0v) is 17.4. The van der Waals surface area contributed by atoms with Crippen LogP contribution < -0.4 is 5.32 Å². The van der Waals surface area contributed by atoms with Crippen LogP contribution in [0.25, 0.3) is 11.1 Å². The molecule has 0 saturated heterocycles. The maximum absolute atomic E-state index is 13.3. The normalized spacial score (nSPS) is 13.7. The van der Waals surface area contributed by atoms with Gasteiger partial charge in [-0.2, -0.15) is 0 Å². The van der Waals surface area contributed by atoms with E-state index in [0.717, 1.165) is 22.3 Å². The highest BCUT2D eigenvalue weighted by molar-refractivity contribution is 7.13.